The first-order chi connectivity index (χ1) is 4.16. The molecule has 0 saturated heterocycles. The van der Waals surface area contributed by atoms with Gasteiger partial charge in [0.1, 0.15) is 0 Å². The van der Waals surface area contributed by atoms with Crippen molar-refractivity contribution in [2.24, 2.45) is 0 Å². The van der Waals surface area contributed by atoms with Gasteiger partial charge in [0.25, 0.3) is 5.91 Å². The summed E-state index contributed by atoms with van der Waals surface area (Å²) in [6.07, 6.45) is 4.73. The van der Waals surface area contributed by atoms with Crippen molar-refractivity contribution in [1.82, 2.24) is 5.73 Å². The van der Waals surface area contributed by atoms with E-state index < -0.39 is 5.91 Å². The van der Waals surface area contributed by atoms with Crippen LogP contribution >= 0.6 is 0 Å². The van der Waals surface area contributed by atoms with E-state index in [-0.39, 0.29) is 0 Å². The SMILES string of the molecule is C/C=C(C)/C=C/C([NH])=O. The van der Waals surface area contributed by atoms with Gasteiger partial charge in [0.15, 0.2) is 0 Å². The molecule has 0 heterocycles. The second-order valence-corrected chi connectivity index (χ2v) is 1.73. The second-order valence-electron chi connectivity index (χ2n) is 1.73. The van der Waals surface area contributed by atoms with E-state index in [2.05, 4.69) is 0 Å². The molecule has 0 unspecified atom stereocenters. The Hall–Kier alpha value is -1.05. The Bertz CT molecular complexity index is 156. The van der Waals surface area contributed by atoms with Gasteiger partial charge in [-0.25, -0.2) is 0 Å². The topological polar surface area (TPSA) is 40.9 Å². The van der Waals surface area contributed by atoms with Crippen molar-refractivity contribution in [2.75, 3.05) is 0 Å². The maximum atomic E-state index is 10.0. The fourth-order valence-corrected chi connectivity index (χ4v) is 0.303. The lowest BCUT2D eigenvalue weighted by atomic mass is 10.2. The summed E-state index contributed by atoms with van der Waals surface area (Å²) < 4.78 is 0. The summed E-state index contributed by atoms with van der Waals surface area (Å²) in [5.74, 6) is -0.656. The Morgan fingerprint density at radius 2 is 2.00 bits per heavy atom. The molecule has 49 valence electrons. The van der Waals surface area contributed by atoms with E-state index in [4.69, 9.17) is 5.73 Å². The van der Waals surface area contributed by atoms with Gasteiger partial charge in [-0.2, -0.15) is 0 Å². The summed E-state index contributed by atoms with van der Waals surface area (Å²) in [4.78, 5) is 10.0. The van der Waals surface area contributed by atoms with Gasteiger partial charge in [0.05, 0.1) is 0 Å². The zero-order valence-corrected chi connectivity index (χ0v) is 5.64. The predicted octanol–water partition coefficient (Wildman–Crippen LogP) is 1.32. The molecule has 1 N–H and O–H groups in total. The normalized spacial score (nSPS) is 12.4. The third kappa shape index (κ3) is 4.81. The average Bonchev–Trinajstić information content (AvgIpc) is 1.83. The molecule has 0 aromatic carbocycles. The monoisotopic (exact) mass is 124 g/mol. The number of carbonyl (C=O) groups is 1. The summed E-state index contributed by atoms with van der Waals surface area (Å²) in [7, 11) is 0. The van der Waals surface area contributed by atoms with Gasteiger partial charge in [0, 0.05) is 6.08 Å². The van der Waals surface area contributed by atoms with Crippen LogP contribution in [0.25, 0.3) is 0 Å². The van der Waals surface area contributed by atoms with E-state index in [1.807, 2.05) is 19.9 Å². The number of rotatable bonds is 2. The summed E-state index contributed by atoms with van der Waals surface area (Å²) in [6.45, 7) is 3.76. The van der Waals surface area contributed by atoms with Gasteiger partial charge < -0.3 is 0 Å². The molecule has 0 aliphatic rings. The third-order valence-corrected chi connectivity index (χ3v) is 0.953. The molecule has 0 aliphatic carbocycles. The van der Waals surface area contributed by atoms with Crippen LogP contribution in [0.5, 0.6) is 0 Å². The zero-order chi connectivity index (χ0) is 7.28. The van der Waals surface area contributed by atoms with Crippen molar-refractivity contribution < 1.29 is 4.79 Å². The molecule has 0 spiro atoms. The van der Waals surface area contributed by atoms with Crippen molar-refractivity contribution in [3.63, 3.8) is 0 Å². The van der Waals surface area contributed by atoms with Gasteiger partial charge >= 0.3 is 0 Å². The number of amides is 1. The molecule has 0 rings (SSSR count). The number of hydrogen-bond donors (Lipinski definition) is 0. The fourth-order valence-electron chi connectivity index (χ4n) is 0.303. The minimum atomic E-state index is -0.656. The van der Waals surface area contributed by atoms with Gasteiger partial charge in [-0.3, -0.25) is 10.5 Å². The highest BCUT2D eigenvalue weighted by Crippen LogP contribution is 1.91. The van der Waals surface area contributed by atoms with Crippen molar-refractivity contribution in [1.29, 1.82) is 0 Å². The molecule has 2 heteroatoms. The van der Waals surface area contributed by atoms with Gasteiger partial charge in [-0.05, 0) is 13.8 Å². The predicted molar refractivity (Wildman–Crippen MR) is 36.7 cm³/mol. The van der Waals surface area contributed by atoms with Gasteiger partial charge in [-0.15, -0.1) is 0 Å². The molecule has 0 atom stereocenters. The zero-order valence-electron chi connectivity index (χ0n) is 5.64. The number of nitrogens with one attached hydrogen (secondary N) is 1. The van der Waals surface area contributed by atoms with E-state index in [0.717, 1.165) is 5.57 Å². The number of hydrogen-bond acceptors (Lipinski definition) is 1. The van der Waals surface area contributed by atoms with E-state index in [1.54, 1.807) is 6.08 Å². The lowest BCUT2D eigenvalue weighted by Gasteiger charge is -1.83. The summed E-state index contributed by atoms with van der Waals surface area (Å²) in [6, 6.07) is 0. The van der Waals surface area contributed by atoms with E-state index in [9.17, 15) is 4.79 Å². The molecule has 0 aromatic rings. The first-order valence-electron chi connectivity index (χ1n) is 2.73. The lowest BCUT2D eigenvalue weighted by Crippen LogP contribution is -1.89. The smallest absolute Gasteiger partial charge is 0.262 e. The molecule has 0 aromatic heterocycles. The maximum absolute atomic E-state index is 10.0. The van der Waals surface area contributed by atoms with Crippen molar-refractivity contribution >= 4 is 5.91 Å². The molecule has 9 heavy (non-hydrogen) atoms. The van der Waals surface area contributed by atoms with Crippen LogP contribution in [0.2, 0.25) is 0 Å². The van der Waals surface area contributed by atoms with Crippen LogP contribution < -0.4 is 5.73 Å². The molecular weight excluding hydrogens is 114 g/mol. The minimum absolute atomic E-state index is 0.656. The Morgan fingerprint density at radius 1 is 1.44 bits per heavy atom. The molecular formula is C7H10NO. The lowest BCUT2D eigenvalue weighted by molar-refractivity contribution is -0.114. The highest BCUT2D eigenvalue weighted by Gasteiger charge is 1.82. The summed E-state index contributed by atoms with van der Waals surface area (Å²) in [5.41, 5.74) is 7.49. The Morgan fingerprint density at radius 3 is 2.33 bits per heavy atom. The quantitative estimate of drug-likeness (QED) is 0.404. The summed E-state index contributed by atoms with van der Waals surface area (Å²) in [5, 5.41) is 0. The Labute approximate surface area is 55.1 Å². The Balaban J connectivity index is 3.86. The van der Waals surface area contributed by atoms with Crippen LogP contribution in [0.4, 0.5) is 0 Å². The molecule has 0 fully saturated rings. The number of carbonyl (C=O) groups excluding carboxylic acids is 1. The van der Waals surface area contributed by atoms with E-state index in [1.165, 1.54) is 6.08 Å². The van der Waals surface area contributed by atoms with Gasteiger partial charge in [0.2, 0.25) is 0 Å². The Kier molecular flexibility index (Phi) is 3.44. The standard InChI is InChI=1S/C7H10NO/c1-3-6(2)4-5-7(8)9/h3-5,8H,1-2H3/b5-4+,6-3+. The second kappa shape index (κ2) is 3.89. The highest BCUT2D eigenvalue weighted by atomic mass is 16.1. The third-order valence-electron chi connectivity index (χ3n) is 0.953. The maximum Gasteiger partial charge on any atom is 0.262 e. The summed E-state index contributed by atoms with van der Waals surface area (Å²) >= 11 is 0. The highest BCUT2D eigenvalue weighted by molar-refractivity contribution is 5.85. The van der Waals surface area contributed by atoms with Crippen LogP contribution in [-0.4, -0.2) is 5.91 Å². The van der Waals surface area contributed by atoms with Crippen molar-refractivity contribution in [2.45, 2.75) is 13.8 Å². The van der Waals surface area contributed by atoms with E-state index in [0.29, 0.717) is 0 Å². The number of allylic oxidation sites excluding steroid dienone is 3. The molecule has 1 radical (unpaired) electrons. The van der Waals surface area contributed by atoms with Crippen molar-refractivity contribution in [3.05, 3.63) is 23.8 Å². The van der Waals surface area contributed by atoms with E-state index >= 15 is 0 Å². The first kappa shape index (κ1) is 7.95. The average molecular weight is 124 g/mol. The van der Waals surface area contributed by atoms with Crippen LogP contribution in [0, 0.1) is 0 Å². The molecule has 0 saturated carbocycles. The molecule has 1 amide bonds. The molecule has 0 aliphatic heterocycles. The minimum Gasteiger partial charge on any atom is -0.268 e. The van der Waals surface area contributed by atoms with Crippen LogP contribution in [-0.2, 0) is 4.79 Å². The van der Waals surface area contributed by atoms with Crippen LogP contribution in [0.3, 0.4) is 0 Å². The van der Waals surface area contributed by atoms with Gasteiger partial charge in [-0.1, -0.05) is 17.7 Å². The van der Waals surface area contributed by atoms with Crippen LogP contribution in [0.1, 0.15) is 13.8 Å². The molecule has 2 nitrogen and oxygen atoms in total. The van der Waals surface area contributed by atoms with Crippen molar-refractivity contribution in [3.8, 4) is 0 Å². The van der Waals surface area contributed by atoms with Crippen LogP contribution in [0.15, 0.2) is 23.8 Å². The fraction of sp³-hybridized carbons (Fsp3) is 0.286. The largest absolute Gasteiger partial charge is 0.268 e. The molecule has 0 bridgehead atoms. The first-order valence-corrected chi connectivity index (χ1v) is 2.73.